The van der Waals surface area contributed by atoms with Gasteiger partial charge < -0.3 is 174 Å². The van der Waals surface area contributed by atoms with Crippen molar-refractivity contribution >= 4 is 11.8 Å². The predicted octanol–water partition coefficient (Wildman–Crippen LogP) is -15.0. The maximum Gasteiger partial charge on any atom is 0.217 e. The molecule has 7 rings (SSSR count). The highest BCUT2D eigenvalue weighted by Crippen LogP contribution is 2.37. The molecule has 0 radical (unpaired) electrons. The lowest BCUT2D eigenvalue weighted by Gasteiger charge is -2.50. The number of ether oxygens (including phenoxy) is 13. The zero-order valence-corrected chi connectivity index (χ0v) is 44.5. The minimum Gasteiger partial charge on any atom is -0.394 e. The van der Waals surface area contributed by atoms with Crippen LogP contribution in [0.25, 0.3) is 0 Å². The molecule has 0 aromatic carbocycles. The number of carbonyl (C=O) groups excluding carboxylic acids is 2. The molecule has 0 spiro atoms. The molecule has 7 aliphatic heterocycles. The molecule has 35 atom stereocenters. The smallest absolute Gasteiger partial charge is 0.217 e. The minimum atomic E-state index is -2.33. The van der Waals surface area contributed by atoms with Gasteiger partial charge in [-0.05, 0) is 6.92 Å². The van der Waals surface area contributed by atoms with Crippen molar-refractivity contribution in [3.8, 4) is 0 Å². The molecular weight excluding hydrogens is 1140 g/mol. The van der Waals surface area contributed by atoms with Crippen LogP contribution in [-0.2, 0) is 71.2 Å². The second-order valence-electron chi connectivity index (χ2n) is 21.1. The summed E-state index contributed by atoms with van der Waals surface area (Å²) in [6.45, 7) is -2.63. The Morgan fingerprint density at radius 3 is 1.25 bits per heavy atom. The molecule has 7 fully saturated rings. The highest BCUT2D eigenvalue weighted by Gasteiger charge is 2.58. The largest absolute Gasteiger partial charge is 0.394 e. The quantitative estimate of drug-likeness (QED) is 0.0538. The Morgan fingerprint density at radius 2 is 0.711 bits per heavy atom. The van der Waals surface area contributed by atoms with Crippen LogP contribution in [0, 0.1) is 0 Å². The zero-order valence-electron chi connectivity index (χ0n) is 44.5. The fourth-order valence-electron chi connectivity index (χ4n) is 10.7. The summed E-state index contributed by atoms with van der Waals surface area (Å²) in [6, 6.07) is -3.47. The van der Waals surface area contributed by atoms with E-state index in [0.29, 0.717) is 0 Å². The number of rotatable bonds is 20. The molecule has 37 nitrogen and oxygen atoms in total. The summed E-state index contributed by atoms with van der Waals surface area (Å²) in [5.74, 6) is -1.69. The van der Waals surface area contributed by atoms with Crippen LogP contribution in [0.5, 0.6) is 0 Å². The second kappa shape index (κ2) is 29.3. The number of carbonyl (C=O) groups is 2. The molecule has 0 saturated carbocycles. The van der Waals surface area contributed by atoms with Crippen molar-refractivity contribution in [2.75, 3.05) is 39.6 Å². The number of hydrogen-bond donors (Lipinski definition) is 22. The van der Waals surface area contributed by atoms with Crippen molar-refractivity contribution in [3.63, 3.8) is 0 Å². The molecule has 0 aromatic heterocycles. The monoisotopic (exact) mass is 1220 g/mol. The molecule has 7 aliphatic rings. The Bertz CT molecular complexity index is 2040. The molecule has 0 aromatic rings. The molecule has 1 unspecified atom stereocenters. The van der Waals surface area contributed by atoms with Crippen molar-refractivity contribution in [1.82, 2.24) is 10.6 Å². The van der Waals surface area contributed by atoms with E-state index >= 15 is 0 Å². The van der Waals surface area contributed by atoms with E-state index in [9.17, 15) is 112 Å². The Kier molecular flexibility index (Phi) is 24.0. The Labute approximate surface area is 470 Å². The van der Waals surface area contributed by atoms with E-state index in [0.717, 1.165) is 13.8 Å². The molecule has 37 heteroatoms. The molecule has 7 heterocycles. The van der Waals surface area contributed by atoms with Crippen molar-refractivity contribution in [2.45, 2.75) is 236 Å². The van der Waals surface area contributed by atoms with E-state index in [1.165, 1.54) is 6.92 Å². The highest BCUT2D eigenvalue weighted by molar-refractivity contribution is 5.73. The lowest BCUT2D eigenvalue weighted by molar-refractivity contribution is -0.391. The maximum absolute atomic E-state index is 12.7. The van der Waals surface area contributed by atoms with Crippen LogP contribution in [0.3, 0.4) is 0 Å². The van der Waals surface area contributed by atoms with E-state index < -0.39 is 266 Å². The number of hydrogen-bond acceptors (Lipinski definition) is 35. The summed E-state index contributed by atoms with van der Waals surface area (Å²) in [5.41, 5.74) is 0. The highest BCUT2D eigenvalue weighted by atomic mass is 16.8. The standard InChI is InChI=1S/C46H78N2O35/c1-10-21(56)26(61)31(66)43(72-10)82-38-20(48-12(3)55)41(74-14(5-50)23(38)58)71-9-18-37(29(64)33(68)45(78-18)80-36-16(7-52)73-40(70)30(65)28(36)63)81-46-34(69)39(24(59)15(6-51)76-46)83-42-19(47-11(2)54)25(60)35(17(8-53)77-42)79-44-32(67)27(62)22(57)13(4-49)75-44/h10,13-46,49-53,56-70H,4-9H2,1-3H3,(H,47,54)(H,48,55)/t10-,13+,14+,15+,16+,17+,18+,19+,20+,21+,22-,23+,24-,25+,26+,27-,28+,29+,30+,31-,32+,33+,34+,35+,36+,37-,38+,39-,40?,41+,42-,43-,44-,45-,46-/m0/s1. The van der Waals surface area contributed by atoms with E-state index in [4.69, 9.17) is 61.6 Å². The van der Waals surface area contributed by atoms with Gasteiger partial charge in [-0.3, -0.25) is 9.59 Å². The summed E-state index contributed by atoms with van der Waals surface area (Å²) in [7, 11) is 0. The van der Waals surface area contributed by atoms with Crippen molar-refractivity contribution in [1.29, 1.82) is 0 Å². The van der Waals surface area contributed by atoms with Crippen LogP contribution in [-0.4, -0.2) is 368 Å². The predicted molar refractivity (Wildman–Crippen MR) is 254 cm³/mol. The summed E-state index contributed by atoms with van der Waals surface area (Å²) in [5, 5.41) is 220. The number of nitrogens with one attached hydrogen (secondary N) is 2. The van der Waals surface area contributed by atoms with Gasteiger partial charge in [0.15, 0.2) is 44.0 Å². The van der Waals surface area contributed by atoms with Gasteiger partial charge in [0, 0.05) is 13.8 Å². The van der Waals surface area contributed by atoms with Gasteiger partial charge in [-0.2, -0.15) is 0 Å². The minimum absolute atomic E-state index is 0.823. The Morgan fingerprint density at radius 1 is 0.337 bits per heavy atom. The SMILES string of the molecule is CC(=O)N[C@H]1[C@H](O[C@H]2[C@@H](O)[C@@H](CO)O[C@@H](O[C@@H]3[C@H](O)[C@@H](O)[C@H](O[C@H]4[C@H](O)[C@@H](O)C(O)O[C@@H]4CO)O[C@@H]3CO[C@@H]3O[C@H](CO)[C@@H](O)[C@H](O[C@@H]4O[C@@H](C)[C@@H](O)[C@@H](O)[C@@H]4O)[C@H]3NC(C)=O)[C@@H]2O)O[C@H](CO)[C@@H](O[C@@H]2O[C@H](CO)[C@H](O)[C@H](O)[C@H]2O)[C@@H]1O. The lowest BCUT2D eigenvalue weighted by Crippen LogP contribution is -2.70. The first kappa shape index (κ1) is 68.1. The average Bonchev–Trinajstić information content (AvgIpc) is 2.99. The van der Waals surface area contributed by atoms with Gasteiger partial charge in [-0.1, -0.05) is 0 Å². The van der Waals surface area contributed by atoms with Gasteiger partial charge in [0.2, 0.25) is 11.8 Å². The fraction of sp³-hybridized carbons (Fsp3) is 0.957. The normalized spacial score (nSPS) is 50.8. The Balaban J connectivity index is 1.17. The topological polar surface area (TPSA) is 583 Å². The van der Waals surface area contributed by atoms with Crippen molar-refractivity contribution in [3.05, 3.63) is 0 Å². The molecule has 0 bridgehead atoms. The van der Waals surface area contributed by atoms with Gasteiger partial charge in [0.05, 0.1) is 45.7 Å². The van der Waals surface area contributed by atoms with Crippen molar-refractivity contribution < 1.29 is 173 Å². The molecule has 482 valence electrons. The molecule has 83 heavy (non-hydrogen) atoms. The van der Waals surface area contributed by atoms with Crippen LogP contribution in [0.1, 0.15) is 20.8 Å². The van der Waals surface area contributed by atoms with Gasteiger partial charge in [-0.15, -0.1) is 0 Å². The van der Waals surface area contributed by atoms with Crippen LogP contribution in [0.4, 0.5) is 0 Å². The van der Waals surface area contributed by atoms with Gasteiger partial charge in [-0.25, -0.2) is 0 Å². The summed E-state index contributed by atoms with van der Waals surface area (Å²) in [6.07, 6.45) is -63.5. The summed E-state index contributed by atoms with van der Waals surface area (Å²) < 4.78 is 75.1. The number of aliphatic hydroxyl groups is 20. The number of aliphatic hydroxyl groups excluding tert-OH is 20. The third-order valence-corrected chi connectivity index (χ3v) is 15.3. The second-order valence-corrected chi connectivity index (χ2v) is 21.1. The van der Waals surface area contributed by atoms with Crippen molar-refractivity contribution in [2.24, 2.45) is 0 Å². The zero-order chi connectivity index (χ0) is 61.2. The van der Waals surface area contributed by atoms with Crippen LogP contribution in [0.2, 0.25) is 0 Å². The lowest BCUT2D eigenvalue weighted by atomic mass is 9.94. The van der Waals surface area contributed by atoms with E-state index in [1.807, 2.05) is 0 Å². The molecule has 0 aliphatic carbocycles. The first-order valence-electron chi connectivity index (χ1n) is 26.5. The number of amides is 2. The fourth-order valence-corrected chi connectivity index (χ4v) is 10.7. The third-order valence-electron chi connectivity index (χ3n) is 15.3. The van der Waals surface area contributed by atoms with Gasteiger partial charge in [0.1, 0.15) is 165 Å². The van der Waals surface area contributed by atoms with Crippen LogP contribution < -0.4 is 10.6 Å². The molecular formula is C46H78N2O35. The van der Waals surface area contributed by atoms with Crippen LogP contribution in [0.15, 0.2) is 0 Å². The summed E-state index contributed by atoms with van der Waals surface area (Å²) >= 11 is 0. The van der Waals surface area contributed by atoms with E-state index in [-0.39, 0.29) is 0 Å². The first-order valence-corrected chi connectivity index (χ1v) is 26.5. The van der Waals surface area contributed by atoms with Gasteiger partial charge in [0.25, 0.3) is 0 Å². The summed E-state index contributed by atoms with van der Waals surface area (Å²) in [4.78, 5) is 25.3. The van der Waals surface area contributed by atoms with E-state index in [1.54, 1.807) is 0 Å². The molecule has 7 saturated heterocycles. The average molecular weight is 1220 g/mol. The molecule has 2 amide bonds. The van der Waals surface area contributed by atoms with Crippen LogP contribution >= 0.6 is 0 Å². The van der Waals surface area contributed by atoms with Gasteiger partial charge >= 0.3 is 0 Å². The Hall–Kier alpha value is -2.38. The first-order chi connectivity index (χ1) is 39.2. The maximum atomic E-state index is 12.7. The third kappa shape index (κ3) is 14.7. The molecule has 22 N–H and O–H groups in total. The van der Waals surface area contributed by atoms with E-state index in [2.05, 4.69) is 10.6 Å².